The molecule has 2 aromatic rings. The molecule has 3 rings (SSSR count). The van der Waals surface area contributed by atoms with Gasteiger partial charge in [-0.2, -0.15) is 10.2 Å². The van der Waals surface area contributed by atoms with Crippen LogP contribution in [0.4, 0.5) is 0 Å². The van der Waals surface area contributed by atoms with E-state index in [1.165, 1.54) is 11.8 Å². The Morgan fingerprint density at radius 2 is 2.10 bits per heavy atom. The molecule has 164 valence electrons. The van der Waals surface area contributed by atoms with Crippen LogP contribution in [-0.4, -0.2) is 49.9 Å². The Hall–Kier alpha value is -2.13. The molecular weight excluding hydrogens is 402 g/mol. The van der Waals surface area contributed by atoms with E-state index in [4.69, 9.17) is 4.74 Å². The summed E-state index contributed by atoms with van der Waals surface area (Å²) in [6.07, 6.45) is 7.44. The Kier molecular flexibility index (Phi) is 8.09. The average molecular weight is 434 g/mol. The smallest absolute Gasteiger partial charge is 0.272 e. The number of carbonyl (C=O) groups is 2. The van der Waals surface area contributed by atoms with Crippen molar-refractivity contribution in [1.29, 1.82) is 0 Å². The van der Waals surface area contributed by atoms with E-state index in [1.54, 1.807) is 6.92 Å². The van der Waals surface area contributed by atoms with E-state index in [2.05, 4.69) is 20.6 Å². The summed E-state index contributed by atoms with van der Waals surface area (Å²) in [6, 6.07) is 0. The highest BCUT2D eigenvalue weighted by atomic mass is 32.2. The molecule has 1 amide bonds. The molecule has 1 aliphatic rings. The number of hydrogen-bond acceptors (Lipinski definition) is 6. The summed E-state index contributed by atoms with van der Waals surface area (Å²) in [7, 11) is 0. The van der Waals surface area contributed by atoms with Gasteiger partial charge in [0, 0.05) is 43.2 Å². The number of H-pyrrole nitrogens is 1. The fraction of sp³-hybridized carbons (Fsp3) is 0.619. The maximum absolute atomic E-state index is 12.6. The van der Waals surface area contributed by atoms with E-state index in [0.29, 0.717) is 18.8 Å². The van der Waals surface area contributed by atoms with Gasteiger partial charge < -0.3 is 10.1 Å². The van der Waals surface area contributed by atoms with E-state index in [9.17, 15) is 9.59 Å². The SMILES string of the molecule is CCOC(C)n1cc2c(n1)CCc1c(C(=O)NCCCCCCSC(C)=O)n[nH]c1-2. The zero-order valence-electron chi connectivity index (χ0n) is 18.0. The maximum atomic E-state index is 12.6. The van der Waals surface area contributed by atoms with Crippen molar-refractivity contribution in [3.8, 4) is 11.3 Å². The third-order valence-electron chi connectivity index (χ3n) is 5.21. The molecule has 1 unspecified atom stereocenters. The number of aromatic nitrogens is 4. The van der Waals surface area contributed by atoms with Crippen LogP contribution < -0.4 is 5.32 Å². The molecule has 0 bridgehead atoms. The molecule has 0 saturated carbocycles. The first-order valence-electron chi connectivity index (χ1n) is 10.7. The van der Waals surface area contributed by atoms with Crippen molar-refractivity contribution in [2.45, 2.75) is 65.5 Å². The quantitative estimate of drug-likeness (QED) is 0.526. The number of hydrogen-bond donors (Lipinski definition) is 2. The van der Waals surface area contributed by atoms with Gasteiger partial charge in [0.2, 0.25) is 0 Å². The Morgan fingerprint density at radius 1 is 1.30 bits per heavy atom. The highest BCUT2D eigenvalue weighted by molar-refractivity contribution is 8.13. The van der Waals surface area contributed by atoms with Crippen LogP contribution in [-0.2, 0) is 22.4 Å². The zero-order valence-corrected chi connectivity index (χ0v) is 18.8. The van der Waals surface area contributed by atoms with Crippen LogP contribution in [0.25, 0.3) is 11.3 Å². The van der Waals surface area contributed by atoms with Crippen molar-refractivity contribution in [2.24, 2.45) is 0 Å². The molecule has 0 spiro atoms. The van der Waals surface area contributed by atoms with E-state index in [-0.39, 0.29) is 17.3 Å². The summed E-state index contributed by atoms with van der Waals surface area (Å²) in [6.45, 7) is 6.79. The number of amides is 1. The van der Waals surface area contributed by atoms with E-state index in [0.717, 1.165) is 66.8 Å². The van der Waals surface area contributed by atoms with Crippen LogP contribution in [0.15, 0.2) is 6.20 Å². The van der Waals surface area contributed by atoms with Gasteiger partial charge in [-0.25, -0.2) is 4.68 Å². The number of ether oxygens (including phenoxy) is 1. The summed E-state index contributed by atoms with van der Waals surface area (Å²) in [5, 5.41) is 15.2. The van der Waals surface area contributed by atoms with E-state index in [1.807, 2.05) is 24.7 Å². The van der Waals surface area contributed by atoms with Gasteiger partial charge in [0.1, 0.15) is 6.23 Å². The Bertz CT molecular complexity index is 876. The summed E-state index contributed by atoms with van der Waals surface area (Å²) in [4.78, 5) is 23.5. The Balaban J connectivity index is 1.52. The van der Waals surface area contributed by atoms with Gasteiger partial charge in [-0.1, -0.05) is 24.6 Å². The van der Waals surface area contributed by atoms with E-state index < -0.39 is 0 Å². The number of thioether (sulfide) groups is 1. The molecule has 2 N–H and O–H groups in total. The van der Waals surface area contributed by atoms with Crippen molar-refractivity contribution < 1.29 is 14.3 Å². The van der Waals surface area contributed by atoms with Crippen molar-refractivity contribution in [2.75, 3.05) is 18.9 Å². The lowest BCUT2D eigenvalue weighted by Crippen LogP contribution is -2.26. The standard InChI is InChI=1S/C21H31N5O3S/c1-4-29-14(2)26-13-17-18(25-26)10-9-16-19(17)23-24-20(16)21(28)22-11-7-5-6-8-12-30-15(3)27/h13-14H,4-12H2,1-3H3,(H,22,28)(H,23,24). The predicted molar refractivity (Wildman–Crippen MR) is 117 cm³/mol. The lowest BCUT2D eigenvalue weighted by molar-refractivity contribution is -0.109. The number of nitrogens with one attached hydrogen (secondary N) is 2. The monoisotopic (exact) mass is 433 g/mol. The van der Waals surface area contributed by atoms with Gasteiger partial charge in [-0.3, -0.25) is 14.7 Å². The normalized spacial score (nSPS) is 13.6. The van der Waals surface area contributed by atoms with Crippen LogP contribution >= 0.6 is 11.8 Å². The third-order valence-corrected chi connectivity index (χ3v) is 6.11. The van der Waals surface area contributed by atoms with Crippen molar-refractivity contribution in [3.05, 3.63) is 23.1 Å². The van der Waals surface area contributed by atoms with Crippen LogP contribution in [0.1, 0.15) is 74.4 Å². The molecule has 0 fully saturated rings. The average Bonchev–Trinajstić information content (AvgIpc) is 3.33. The highest BCUT2D eigenvalue weighted by Crippen LogP contribution is 2.33. The lowest BCUT2D eigenvalue weighted by Gasteiger charge is -2.11. The molecule has 0 radical (unpaired) electrons. The van der Waals surface area contributed by atoms with Gasteiger partial charge in [-0.15, -0.1) is 0 Å². The largest absolute Gasteiger partial charge is 0.357 e. The lowest BCUT2D eigenvalue weighted by atomic mass is 9.94. The molecule has 2 heterocycles. The second kappa shape index (κ2) is 10.8. The fourth-order valence-electron chi connectivity index (χ4n) is 3.67. The number of fused-ring (bicyclic) bond motifs is 3. The summed E-state index contributed by atoms with van der Waals surface area (Å²) in [5.41, 5.74) is 4.34. The first kappa shape index (κ1) is 22.6. The number of rotatable bonds is 11. The van der Waals surface area contributed by atoms with Gasteiger partial charge in [0.25, 0.3) is 5.91 Å². The second-order valence-corrected chi connectivity index (χ2v) is 8.73. The molecule has 30 heavy (non-hydrogen) atoms. The van der Waals surface area contributed by atoms with Gasteiger partial charge >= 0.3 is 0 Å². The number of aryl methyl sites for hydroxylation is 1. The first-order valence-corrected chi connectivity index (χ1v) is 11.7. The van der Waals surface area contributed by atoms with Crippen LogP contribution in [0.3, 0.4) is 0 Å². The first-order chi connectivity index (χ1) is 14.5. The number of nitrogens with zero attached hydrogens (tertiary/aromatic N) is 3. The number of carbonyl (C=O) groups excluding carboxylic acids is 2. The third kappa shape index (κ3) is 5.51. The minimum Gasteiger partial charge on any atom is -0.357 e. The van der Waals surface area contributed by atoms with Crippen molar-refractivity contribution in [3.63, 3.8) is 0 Å². The molecule has 0 aliphatic heterocycles. The minimum absolute atomic E-state index is 0.127. The molecule has 0 aromatic carbocycles. The molecule has 1 atom stereocenters. The van der Waals surface area contributed by atoms with Crippen molar-refractivity contribution >= 4 is 22.8 Å². The molecule has 9 heteroatoms. The maximum Gasteiger partial charge on any atom is 0.272 e. The minimum atomic E-state index is -0.129. The van der Waals surface area contributed by atoms with Gasteiger partial charge in [0.15, 0.2) is 10.8 Å². The molecular formula is C21H31N5O3S. The molecule has 8 nitrogen and oxygen atoms in total. The zero-order chi connectivity index (χ0) is 21.5. The topological polar surface area (TPSA) is 102 Å². The van der Waals surface area contributed by atoms with Gasteiger partial charge in [0.05, 0.1) is 11.4 Å². The fourth-order valence-corrected chi connectivity index (χ4v) is 4.31. The predicted octanol–water partition coefficient (Wildman–Crippen LogP) is 3.50. The van der Waals surface area contributed by atoms with Crippen molar-refractivity contribution in [1.82, 2.24) is 25.3 Å². The number of unbranched alkanes of at least 4 members (excludes halogenated alkanes) is 3. The van der Waals surface area contributed by atoms with E-state index >= 15 is 0 Å². The highest BCUT2D eigenvalue weighted by Gasteiger charge is 2.27. The van der Waals surface area contributed by atoms with Crippen LogP contribution in [0, 0.1) is 0 Å². The summed E-state index contributed by atoms with van der Waals surface area (Å²) < 4.78 is 7.46. The molecule has 1 aliphatic carbocycles. The number of aromatic amines is 1. The second-order valence-electron chi connectivity index (χ2n) is 7.46. The Morgan fingerprint density at radius 3 is 2.87 bits per heavy atom. The van der Waals surface area contributed by atoms with Gasteiger partial charge in [-0.05, 0) is 39.5 Å². The Labute approximate surface area is 181 Å². The van der Waals surface area contributed by atoms with Crippen LogP contribution in [0.2, 0.25) is 0 Å². The molecule has 0 saturated heterocycles. The summed E-state index contributed by atoms with van der Waals surface area (Å²) >= 11 is 1.38. The molecule has 2 aromatic heterocycles. The summed E-state index contributed by atoms with van der Waals surface area (Å²) in [5.74, 6) is 0.751. The van der Waals surface area contributed by atoms with Crippen LogP contribution in [0.5, 0.6) is 0 Å².